The molecule has 1 atom stereocenters. The van der Waals surface area contributed by atoms with Gasteiger partial charge in [0.1, 0.15) is 6.04 Å². The summed E-state index contributed by atoms with van der Waals surface area (Å²) in [6.45, 7) is 0.768. The maximum atomic E-state index is 12.7. The molecule has 2 N–H and O–H groups in total. The summed E-state index contributed by atoms with van der Waals surface area (Å²) in [7, 11) is -3.66. The third-order valence-corrected chi connectivity index (χ3v) is 7.15. The molecule has 9 nitrogen and oxygen atoms in total. The summed E-state index contributed by atoms with van der Waals surface area (Å²) < 4.78 is 31.8. The van der Waals surface area contributed by atoms with Crippen LogP contribution in [0.5, 0.6) is 0 Å². The van der Waals surface area contributed by atoms with Crippen LogP contribution >= 0.6 is 0 Å². The highest BCUT2D eigenvalue weighted by atomic mass is 32.2. The topological polar surface area (TPSA) is 127 Å². The van der Waals surface area contributed by atoms with Gasteiger partial charge in [0.25, 0.3) is 5.91 Å². The van der Waals surface area contributed by atoms with Gasteiger partial charge in [-0.25, -0.2) is 13.2 Å². The lowest BCUT2D eigenvalue weighted by molar-refractivity contribution is -0.143. The average molecular weight is 423 g/mol. The van der Waals surface area contributed by atoms with E-state index in [0.717, 1.165) is 25.7 Å². The zero-order chi connectivity index (χ0) is 21.0. The highest BCUT2D eigenvalue weighted by molar-refractivity contribution is 7.89. The molecule has 0 aromatic heterocycles. The zero-order valence-corrected chi connectivity index (χ0v) is 16.9. The van der Waals surface area contributed by atoms with E-state index in [1.165, 1.54) is 33.5 Å². The molecule has 3 rings (SSSR count). The van der Waals surface area contributed by atoms with Crippen LogP contribution in [0.2, 0.25) is 0 Å². The molecule has 0 spiro atoms. The monoisotopic (exact) mass is 423 g/mol. The Morgan fingerprint density at radius 1 is 1.07 bits per heavy atom. The summed E-state index contributed by atoms with van der Waals surface area (Å²) in [5.74, 6) is -1.88. The molecule has 2 aliphatic rings. The molecule has 2 heterocycles. The van der Waals surface area contributed by atoms with Gasteiger partial charge in [-0.15, -0.1) is 0 Å². The van der Waals surface area contributed by atoms with E-state index in [-0.39, 0.29) is 10.5 Å². The number of primary amides is 1. The number of benzene rings is 1. The van der Waals surface area contributed by atoms with E-state index in [1.54, 1.807) is 0 Å². The standard InChI is InChI=1S/C19H25N3O6S/c20-18(24)16-8-1-2-11-22(16)17(23)13-28-19(25)14-6-5-7-15(12-14)29(26,27)21-9-3-4-10-21/h5-7,12,16H,1-4,8-11,13H2,(H2,20,24)/t16-/m1/s1. The molecule has 29 heavy (non-hydrogen) atoms. The van der Waals surface area contributed by atoms with Gasteiger partial charge in [0, 0.05) is 19.6 Å². The van der Waals surface area contributed by atoms with Crippen molar-refractivity contribution in [3.05, 3.63) is 29.8 Å². The van der Waals surface area contributed by atoms with E-state index in [4.69, 9.17) is 10.5 Å². The van der Waals surface area contributed by atoms with E-state index < -0.39 is 40.5 Å². The number of hydrogen-bond donors (Lipinski definition) is 1. The van der Waals surface area contributed by atoms with E-state index >= 15 is 0 Å². The summed E-state index contributed by atoms with van der Waals surface area (Å²) in [6, 6.07) is 4.90. The van der Waals surface area contributed by atoms with Crippen LogP contribution in [0.1, 0.15) is 42.5 Å². The predicted octanol–water partition coefficient (Wildman–Crippen LogP) is 0.494. The highest BCUT2D eigenvalue weighted by Crippen LogP contribution is 2.22. The second kappa shape index (κ2) is 8.91. The lowest BCUT2D eigenvalue weighted by Gasteiger charge is -2.33. The molecule has 158 valence electrons. The molecule has 10 heteroatoms. The Balaban J connectivity index is 1.65. The number of rotatable bonds is 6. The minimum Gasteiger partial charge on any atom is -0.452 e. The van der Waals surface area contributed by atoms with Crippen LogP contribution in [0.4, 0.5) is 0 Å². The van der Waals surface area contributed by atoms with Crippen molar-refractivity contribution >= 4 is 27.8 Å². The molecule has 0 saturated carbocycles. The number of sulfonamides is 1. The first kappa shape index (κ1) is 21.3. The Kier molecular flexibility index (Phi) is 6.53. The van der Waals surface area contributed by atoms with Crippen LogP contribution < -0.4 is 5.73 Å². The normalized spacial score (nSPS) is 20.4. The quantitative estimate of drug-likeness (QED) is 0.664. The van der Waals surface area contributed by atoms with E-state index in [9.17, 15) is 22.8 Å². The number of nitrogens with zero attached hydrogens (tertiary/aromatic N) is 2. The summed E-state index contributed by atoms with van der Waals surface area (Å²) in [6.07, 6.45) is 3.67. The Morgan fingerprint density at radius 2 is 1.76 bits per heavy atom. The van der Waals surface area contributed by atoms with Crippen LogP contribution in [0.25, 0.3) is 0 Å². The van der Waals surface area contributed by atoms with Crippen molar-refractivity contribution in [3.63, 3.8) is 0 Å². The highest BCUT2D eigenvalue weighted by Gasteiger charge is 2.31. The second-order valence-electron chi connectivity index (χ2n) is 7.22. The van der Waals surface area contributed by atoms with Gasteiger partial charge in [-0.3, -0.25) is 9.59 Å². The van der Waals surface area contributed by atoms with Crippen LogP contribution in [0.3, 0.4) is 0 Å². The molecule has 0 unspecified atom stereocenters. The van der Waals surface area contributed by atoms with E-state index in [1.807, 2.05) is 0 Å². The molecular weight excluding hydrogens is 398 g/mol. The molecule has 2 saturated heterocycles. The van der Waals surface area contributed by atoms with Gasteiger partial charge >= 0.3 is 5.97 Å². The van der Waals surface area contributed by atoms with E-state index in [0.29, 0.717) is 26.1 Å². The first-order valence-electron chi connectivity index (χ1n) is 9.67. The minimum atomic E-state index is -3.66. The SMILES string of the molecule is NC(=O)[C@H]1CCCCN1C(=O)COC(=O)c1cccc(S(=O)(=O)N2CCCC2)c1. The molecule has 2 amide bonds. The van der Waals surface area contributed by atoms with Crippen molar-refractivity contribution < 1.29 is 27.5 Å². The van der Waals surface area contributed by atoms with Gasteiger partial charge in [0.05, 0.1) is 10.5 Å². The Morgan fingerprint density at radius 3 is 2.45 bits per heavy atom. The second-order valence-corrected chi connectivity index (χ2v) is 9.15. The number of piperidine rings is 1. The molecule has 1 aromatic rings. The number of carbonyl (C=O) groups is 3. The van der Waals surface area contributed by atoms with Crippen molar-refractivity contribution in [1.29, 1.82) is 0 Å². The number of amides is 2. The van der Waals surface area contributed by atoms with Gasteiger partial charge in [-0.2, -0.15) is 4.31 Å². The first-order valence-corrected chi connectivity index (χ1v) is 11.1. The zero-order valence-electron chi connectivity index (χ0n) is 16.1. The molecule has 2 aliphatic heterocycles. The molecule has 2 fully saturated rings. The van der Waals surface area contributed by atoms with E-state index in [2.05, 4.69) is 0 Å². The van der Waals surface area contributed by atoms with Gasteiger partial charge in [0.2, 0.25) is 15.9 Å². The van der Waals surface area contributed by atoms with Crippen molar-refractivity contribution in [2.45, 2.75) is 43.0 Å². The number of esters is 1. The fourth-order valence-corrected chi connectivity index (χ4v) is 5.24. The summed E-state index contributed by atoms with van der Waals surface area (Å²) in [5.41, 5.74) is 5.39. The maximum absolute atomic E-state index is 12.7. The molecule has 0 radical (unpaired) electrons. The Labute approximate surface area is 169 Å². The summed E-state index contributed by atoms with van der Waals surface area (Å²) in [5, 5.41) is 0. The van der Waals surface area contributed by atoms with Gasteiger partial charge in [-0.05, 0) is 50.3 Å². The number of nitrogens with two attached hydrogens (primary N) is 1. The first-order chi connectivity index (χ1) is 13.8. The molecular formula is C19H25N3O6S. The molecule has 1 aromatic carbocycles. The number of likely N-dealkylation sites (tertiary alicyclic amines) is 1. The summed E-state index contributed by atoms with van der Waals surface area (Å²) in [4.78, 5) is 37.6. The van der Waals surface area contributed by atoms with Crippen LogP contribution in [-0.4, -0.2) is 67.7 Å². The Bertz CT molecular complexity index is 895. The summed E-state index contributed by atoms with van der Waals surface area (Å²) >= 11 is 0. The lowest BCUT2D eigenvalue weighted by Crippen LogP contribution is -2.51. The Hall–Kier alpha value is -2.46. The number of hydrogen-bond acceptors (Lipinski definition) is 6. The fourth-order valence-electron chi connectivity index (χ4n) is 3.68. The van der Waals surface area contributed by atoms with Crippen molar-refractivity contribution in [2.75, 3.05) is 26.2 Å². The van der Waals surface area contributed by atoms with Crippen LogP contribution in [-0.2, 0) is 24.3 Å². The maximum Gasteiger partial charge on any atom is 0.338 e. The van der Waals surface area contributed by atoms with Gasteiger partial charge < -0.3 is 15.4 Å². The van der Waals surface area contributed by atoms with Crippen molar-refractivity contribution in [2.24, 2.45) is 5.73 Å². The third-order valence-electron chi connectivity index (χ3n) is 5.25. The van der Waals surface area contributed by atoms with Crippen molar-refractivity contribution in [1.82, 2.24) is 9.21 Å². The number of ether oxygens (including phenoxy) is 1. The van der Waals surface area contributed by atoms with Gasteiger partial charge in [0.15, 0.2) is 6.61 Å². The largest absolute Gasteiger partial charge is 0.452 e. The fraction of sp³-hybridized carbons (Fsp3) is 0.526. The molecule has 0 bridgehead atoms. The van der Waals surface area contributed by atoms with Crippen molar-refractivity contribution in [3.8, 4) is 0 Å². The third kappa shape index (κ3) is 4.76. The van der Waals surface area contributed by atoms with Gasteiger partial charge in [-0.1, -0.05) is 6.07 Å². The minimum absolute atomic E-state index is 0.0185. The molecule has 0 aliphatic carbocycles. The van der Waals surface area contributed by atoms with Crippen LogP contribution in [0, 0.1) is 0 Å². The average Bonchev–Trinajstić information content (AvgIpc) is 3.27. The van der Waals surface area contributed by atoms with Crippen LogP contribution in [0.15, 0.2) is 29.2 Å². The lowest BCUT2D eigenvalue weighted by atomic mass is 10.0. The number of carbonyl (C=O) groups excluding carboxylic acids is 3. The predicted molar refractivity (Wildman–Crippen MR) is 103 cm³/mol. The smallest absolute Gasteiger partial charge is 0.338 e.